The quantitative estimate of drug-likeness (QED) is 0.698. The second-order valence-corrected chi connectivity index (χ2v) is 9.81. The molecular formula is C25H31N5O4. The molecule has 1 amide bonds. The van der Waals surface area contributed by atoms with E-state index in [1.165, 1.54) is 0 Å². The third-order valence-corrected chi connectivity index (χ3v) is 5.81. The van der Waals surface area contributed by atoms with Gasteiger partial charge in [-0.3, -0.25) is 0 Å². The smallest absolute Gasteiger partial charge is 0.410 e. The maximum Gasteiger partial charge on any atom is 0.410 e. The number of nitriles is 1. The number of anilines is 1. The van der Waals surface area contributed by atoms with Crippen molar-refractivity contribution in [3.63, 3.8) is 0 Å². The summed E-state index contributed by atoms with van der Waals surface area (Å²) in [5.74, 6) is 1.63. The van der Waals surface area contributed by atoms with Crippen molar-refractivity contribution in [3.05, 3.63) is 40.1 Å². The van der Waals surface area contributed by atoms with Crippen LogP contribution in [0.25, 0.3) is 0 Å². The summed E-state index contributed by atoms with van der Waals surface area (Å²) in [6.07, 6.45) is 1.25. The minimum absolute atomic E-state index is 0.130. The first-order valence-electron chi connectivity index (χ1n) is 11.5. The number of nitrogens with one attached hydrogen (secondary N) is 1. The largest absolute Gasteiger partial charge is 0.444 e. The Kier molecular flexibility index (Phi) is 6.62. The Morgan fingerprint density at radius 3 is 2.47 bits per heavy atom. The fourth-order valence-corrected chi connectivity index (χ4v) is 4.16. The summed E-state index contributed by atoms with van der Waals surface area (Å²) in [5.41, 5.74) is 3.47. The van der Waals surface area contributed by atoms with Gasteiger partial charge < -0.3 is 24.4 Å². The highest BCUT2D eigenvalue weighted by Crippen LogP contribution is 2.35. The molecule has 1 saturated heterocycles. The summed E-state index contributed by atoms with van der Waals surface area (Å²) in [7, 11) is 0. The van der Waals surface area contributed by atoms with E-state index in [4.69, 9.17) is 14.2 Å². The number of rotatable bonds is 4. The first kappa shape index (κ1) is 23.8. The number of carbonyl (C=O) groups is 1. The highest BCUT2D eigenvalue weighted by Gasteiger charge is 2.28. The summed E-state index contributed by atoms with van der Waals surface area (Å²) in [6, 6.07) is 5.91. The Labute approximate surface area is 200 Å². The maximum atomic E-state index is 12.3. The molecule has 2 aliphatic heterocycles. The topological polar surface area (TPSA) is 110 Å². The predicted molar refractivity (Wildman–Crippen MR) is 126 cm³/mol. The van der Waals surface area contributed by atoms with Gasteiger partial charge in [-0.25, -0.2) is 9.78 Å². The van der Waals surface area contributed by atoms with Gasteiger partial charge in [0.25, 0.3) is 0 Å². The van der Waals surface area contributed by atoms with Crippen LogP contribution in [0.2, 0.25) is 0 Å². The molecule has 2 aliphatic rings. The first-order chi connectivity index (χ1) is 16.1. The number of benzene rings is 1. The number of ether oxygens (including phenoxy) is 3. The molecule has 0 unspecified atom stereocenters. The molecule has 1 aromatic heterocycles. The second kappa shape index (κ2) is 9.47. The van der Waals surface area contributed by atoms with E-state index in [0.29, 0.717) is 49.4 Å². The third-order valence-electron chi connectivity index (χ3n) is 5.81. The van der Waals surface area contributed by atoms with Crippen molar-refractivity contribution in [1.29, 1.82) is 5.26 Å². The van der Waals surface area contributed by atoms with Gasteiger partial charge in [0.15, 0.2) is 0 Å². The molecule has 0 spiro atoms. The molecule has 1 aromatic carbocycles. The van der Waals surface area contributed by atoms with Gasteiger partial charge >= 0.3 is 6.09 Å². The standard InChI is InChI=1S/C25H31N5O4/c1-15-10-17(12-26)11-16(2)21(15)33-22-19-13-32-14-20(19)28-23(29-22)27-18-6-8-30(9-7-18)24(31)34-25(3,4)5/h10-11,18H,6-9,13-14H2,1-5H3,(H,27,28,29). The summed E-state index contributed by atoms with van der Waals surface area (Å²) < 4.78 is 17.3. The normalized spacial score (nSPS) is 16.1. The Morgan fingerprint density at radius 1 is 1.18 bits per heavy atom. The lowest BCUT2D eigenvalue weighted by Crippen LogP contribution is -2.44. The second-order valence-electron chi connectivity index (χ2n) is 9.81. The molecule has 4 rings (SSSR count). The van der Waals surface area contributed by atoms with Crippen LogP contribution < -0.4 is 10.1 Å². The van der Waals surface area contributed by atoms with Crippen LogP contribution >= 0.6 is 0 Å². The molecule has 180 valence electrons. The molecule has 0 aliphatic carbocycles. The average Bonchev–Trinajstić information content (AvgIpc) is 3.24. The fraction of sp³-hybridized carbons (Fsp3) is 0.520. The van der Waals surface area contributed by atoms with Crippen LogP contribution in [0.15, 0.2) is 12.1 Å². The number of aromatic nitrogens is 2. The zero-order valence-corrected chi connectivity index (χ0v) is 20.4. The van der Waals surface area contributed by atoms with Crippen LogP contribution in [0.4, 0.5) is 10.7 Å². The Hall–Kier alpha value is -3.38. The van der Waals surface area contributed by atoms with E-state index < -0.39 is 5.60 Å². The number of piperidine rings is 1. The van der Waals surface area contributed by atoms with Crippen molar-refractivity contribution in [2.75, 3.05) is 18.4 Å². The number of fused-ring (bicyclic) bond motifs is 1. The van der Waals surface area contributed by atoms with Gasteiger partial charge in [0.2, 0.25) is 11.8 Å². The van der Waals surface area contributed by atoms with E-state index in [2.05, 4.69) is 21.4 Å². The van der Waals surface area contributed by atoms with Crippen LogP contribution in [0.5, 0.6) is 11.6 Å². The van der Waals surface area contributed by atoms with Crippen LogP contribution in [-0.2, 0) is 22.7 Å². The summed E-state index contributed by atoms with van der Waals surface area (Å²) in [6.45, 7) is 11.5. The van der Waals surface area contributed by atoms with E-state index in [1.807, 2.05) is 34.6 Å². The zero-order chi connectivity index (χ0) is 24.5. The van der Waals surface area contributed by atoms with Crippen molar-refractivity contribution in [2.45, 2.75) is 72.3 Å². The minimum Gasteiger partial charge on any atom is -0.444 e. The average molecular weight is 466 g/mol. The van der Waals surface area contributed by atoms with Gasteiger partial charge in [0.05, 0.1) is 36.1 Å². The molecule has 1 fully saturated rings. The summed E-state index contributed by atoms with van der Waals surface area (Å²) in [4.78, 5) is 23.4. The van der Waals surface area contributed by atoms with E-state index in [-0.39, 0.29) is 12.1 Å². The third kappa shape index (κ3) is 5.39. The molecule has 0 saturated carbocycles. The highest BCUT2D eigenvalue weighted by molar-refractivity contribution is 5.68. The molecule has 0 atom stereocenters. The Bertz CT molecular complexity index is 1100. The number of carbonyl (C=O) groups excluding carboxylic acids is 1. The van der Waals surface area contributed by atoms with Gasteiger partial charge in [0.1, 0.15) is 11.4 Å². The van der Waals surface area contributed by atoms with Gasteiger partial charge in [-0.15, -0.1) is 0 Å². The fourth-order valence-electron chi connectivity index (χ4n) is 4.16. The number of aryl methyl sites for hydroxylation is 2. The molecule has 2 aromatic rings. The van der Waals surface area contributed by atoms with Gasteiger partial charge in [-0.2, -0.15) is 10.2 Å². The highest BCUT2D eigenvalue weighted by atomic mass is 16.6. The SMILES string of the molecule is Cc1cc(C#N)cc(C)c1Oc1nc(NC2CCN(C(=O)OC(C)(C)C)CC2)nc2c1COC2. The molecule has 0 bridgehead atoms. The predicted octanol–water partition coefficient (Wildman–Crippen LogP) is 4.60. The van der Waals surface area contributed by atoms with Crippen LogP contribution in [0.3, 0.4) is 0 Å². The number of hydrogen-bond acceptors (Lipinski definition) is 8. The van der Waals surface area contributed by atoms with Gasteiger partial charge in [0, 0.05) is 19.1 Å². The molecule has 9 nitrogen and oxygen atoms in total. The van der Waals surface area contributed by atoms with Crippen LogP contribution in [0, 0.1) is 25.2 Å². The van der Waals surface area contributed by atoms with Crippen molar-refractivity contribution in [1.82, 2.24) is 14.9 Å². The molecule has 34 heavy (non-hydrogen) atoms. The molecule has 9 heteroatoms. The van der Waals surface area contributed by atoms with Crippen molar-refractivity contribution >= 4 is 12.0 Å². The van der Waals surface area contributed by atoms with Crippen LogP contribution in [0.1, 0.15) is 61.6 Å². The summed E-state index contributed by atoms with van der Waals surface area (Å²) in [5, 5.41) is 12.6. The number of likely N-dealkylation sites (tertiary alicyclic amines) is 1. The van der Waals surface area contributed by atoms with Crippen LogP contribution in [-0.4, -0.2) is 45.7 Å². The Balaban J connectivity index is 1.48. The molecule has 0 radical (unpaired) electrons. The van der Waals surface area contributed by atoms with Crippen molar-refractivity contribution < 1.29 is 19.0 Å². The summed E-state index contributed by atoms with van der Waals surface area (Å²) >= 11 is 0. The lowest BCUT2D eigenvalue weighted by atomic mass is 10.1. The van der Waals surface area contributed by atoms with Gasteiger partial charge in [-0.1, -0.05) is 0 Å². The Morgan fingerprint density at radius 2 is 1.85 bits per heavy atom. The first-order valence-corrected chi connectivity index (χ1v) is 11.5. The van der Waals surface area contributed by atoms with E-state index in [1.54, 1.807) is 17.0 Å². The maximum absolute atomic E-state index is 12.3. The van der Waals surface area contributed by atoms with Crippen molar-refractivity contribution in [3.8, 4) is 17.7 Å². The lowest BCUT2D eigenvalue weighted by Gasteiger charge is -2.33. The lowest BCUT2D eigenvalue weighted by molar-refractivity contribution is 0.0210. The van der Waals surface area contributed by atoms with E-state index in [0.717, 1.165) is 35.2 Å². The number of amides is 1. The van der Waals surface area contributed by atoms with E-state index in [9.17, 15) is 10.1 Å². The monoisotopic (exact) mass is 465 g/mol. The van der Waals surface area contributed by atoms with Gasteiger partial charge in [-0.05, 0) is 70.7 Å². The van der Waals surface area contributed by atoms with E-state index >= 15 is 0 Å². The molecular weight excluding hydrogens is 434 g/mol. The molecule has 1 N–H and O–H groups in total. The number of hydrogen-bond donors (Lipinski definition) is 1. The number of nitrogens with zero attached hydrogens (tertiary/aromatic N) is 4. The minimum atomic E-state index is -0.505. The van der Waals surface area contributed by atoms with Crippen molar-refractivity contribution in [2.24, 2.45) is 0 Å². The molecule has 3 heterocycles. The zero-order valence-electron chi connectivity index (χ0n) is 20.4.